The number of benzene rings is 2. The Balaban J connectivity index is 2.12. The SMILES string of the molecule is CC(C)C1C(=O)NC(c2ccccc2)c2ccccc21. The van der Waals surface area contributed by atoms with Crippen LogP contribution in [0.15, 0.2) is 54.6 Å². The fourth-order valence-corrected chi connectivity index (χ4v) is 3.08. The highest BCUT2D eigenvalue weighted by molar-refractivity contribution is 5.87. The summed E-state index contributed by atoms with van der Waals surface area (Å²) in [7, 11) is 0. The van der Waals surface area contributed by atoms with Crippen molar-refractivity contribution in [3.8, 4) is 0 Å². The summed E-state index contributed by atoms with van der Waals surface area (Å²) in [6, 6.07) is 18.4. The van der Waals surface area contributed by atoms with Gasteiger partial charge in [-0.15, -0.1) is 0 Å². The second-order valence-electron chi connectivity index (χ2n) is 5.70. The molecule has 2 heteroatoms. The van der Waals surface area contributed by atoms with E-state index in [-0.39, 0.29) is 17.9 Å². The molecule has 3 rings (SSSR count). The van der Waals surface area contributed by atoms with Crippen molar-refractivity contribution in [1.82, 2.24) is 5.32 Å². The van der Waals surface area contributed by atoms with Gasteiger partial charge in [0.15, 0.2) is 0 Å². The topological polar surface area (TPSA) is 29.1 Å². The standard InChI is InChI=1S/C18H19NO/c1-12(2)16-14-10-6-7-11-15(14)17(19-18(16)20)13-8-4-3-5-9-13/h3-12,16-17H,1-2H3,(H,19,20). The highest BCUT2D eigenvalue weighted by atomic mass is 16.2. The third kappa shape index (κ3) is 2.11. The zero-order chi connectivity index (χ0) is 14.1. The maximum absolute atomic E-state index is 12.5. The van der Waals surface area contributed by atoms with Gasteiger partial charge in [0.2, 0.25) is 5.91 Å². The van der Waals surface area contributed by atoms with Crippen LogP contribution in [-0.4, -0.2) is 5.91 Å². The second-order valence-corrected chi connectivity index (χ2v) is 5.70. The first-order valence-corrected chi connectivity index (χ1v) is 7.12. The van der Waals surface area contributed by atoms with Crippen LogP contribution in [0.25, 0.3) is 0 Å². The molecule has 1 amide bonds. The van der Waals surface area contributed by atoms with Gasteiger partial charge < -0.3 is 5.32 Å². The molecular weight excluding hydrogens is 246 g/mol. The zero-order valence-electron chi connectivity index (χ0n) is 11.8. The number of rotatable bonds is 2. The van der Waals surface area contributed by atoms with Crippen LogP contribution < -0.4 is 5.32 Å². The van der Waals surface area contributed by atoms with Crippen molar-refractivity contribution in [2.45, 2.75) is 25.8 Å². The molecule has 0 bridgehead atoms. The molecule has 0 spiro atoms. The van der Waals surface area contributed by atoms with Gasteiger partial charge in [0.1, 0.15) is 0 Å². The van der Waals surface area contributed by atoms with E-state index in [0.717, 1.165) is 5.56 Å². The Bertz CT molecular complexity index is 618. The van der Waals surface area contributed by atoms with E-state index in [1.165, 1.54) is 11.1 Å². The van der Waals surface area contributed by atoms with Crippen molar-refractivity contribution >= 4 is 5.91 Å². The van der Waals surface area contributed by atoms with E-state index in [1.807, 2.05) is 30.3 Å². The molecule has 2 nitrogen and oxygen atoms in total. The maximum atomic E-state index is 12.5. The Kier molecular flexibility index (Phi) is 3.31. The number of carbonyl (C=O) groups excluding carboxylic acids is 1. The second kappa shape index (κ2) is 5.12. The average molecular weight is 265 g/mol. The van der Waals surface area contributed by atoms with E-state index in [1.54, 1.807) is 0 Å². The summed E-state index contributed by atoms with van der Waals surface area (Å²) < 4.78 is 0. The molecule has 0 fully saturated rings. The Hall–Kier alpha value is -2.09. The first-order chi connectivity index (χ1) is 9.68. The fourth-order valence-electron chi connectivity index (χ4n) is 3.08. The van der Waals surface area contributed by atoms with Crippen LogP contribution >= 0.6 is 0 Å². The van der Waals surface area contributed by atoms with Crippen LogP contribution in [0.4, 0.5) is 0 Å². The van der Waals surface area contributed by atoms with Gasteiger partial charge in [-0.25, -0.2) is 0 Å². The van der Waals surface area contributed by atoms with Crippen LogP contribution in [0, 0.1) is 5.92 Å². The third-order valence-corrected chi connectivity index (χ3v) is 4.01. The van der Waals surface area contributed by atoms with Crippen LogP contribution in [0.3, 0.4) is 0 Å². The number of carbonyl (C=O) groups is 1. The normalized spacial score (nSPS) is 21.4. The zero-order valence-corrected chi connectivity index (χ0v) is 11.8. The fraction of sp³-hybridized carbons (Fsp3) is 0.278. The molecule has 0 aliphatic carbocycles. The summed E-state index contributed by atoms with van der Waals surface area (Å²) in [4.78, 5) is 12.5. The monoisotopic (exact) mass is 265 g/mol. The number of amides is 1. The van der Waals surface area contributed by atoms with Crippen molar-refractivity contribution in [2.24, 2.45) is 5.92 Å². The van der Waals surface area contributed by atoms with Crippen LogP contribution in [-0.2, 0) is 4.79 Å². The molecule has 20 heavy (non-hydrogen) atoms. The van der Waals surface area contributed by atoms with Gasteiger partial charge >= 0.3 is 0 Å². The summed E-state index contributed by atoms with van der Waals surface area (Å²) in [5.41, 5.74) is 3.52. The molecule has 2 aromatic rings. The van der Waals surface area contributed by atoms with Crippen LogP contribution in [0.1, 0.15) is 42.5 Å². The average Bonchev–Trinajstić information content (AvgIpc) is 2.47. The molecule has 0 saturated heterocycles. The number of fused-ring (bicyclic) bond motifs is 1. The number of nitrogens with one attached hydrogen (secondary N) is 1. The van der Waals surface area contributed by atoms with Gasteiger partial charge in [-0.1, -0.05) is 68.4 Å². The van der Waals surface area contributed by atoms with Crippen molar-refractivity contribution in [3.05, 3.63) is 71.3 Å². The van der Waals surface area contributed by atoms with E-state index < -0.39 is 0 Å². The third-order valence-electron chi connectivity index (χ3n) is 4.01. The lowest BCUT2D eigenvalue weighted by Crippen LogP contribution is -2.40. The Morgan fingerprint density at radius 2 is 1.50 bits per heavy atom. The summed E-state index contributed by atoms with van der Waals surface area (Å²) >= 11 is 0. The quantitative estimate of drug-likeness (QED) is 0.882. The van der Waals surface area contributed by atoms with Gasteiger partial charge in [-0.05, 0) is 22.6 Å². The van der Waals surface area contributed by atoms with Gasteiger partial charge in [0, 0.05) is 0 Å². The smallest absolute Gasteiger partial charge is 0.228 e. The highest BCUT2D eigenvalue weighted by Gasteiger charge is 2.35. The van der Waals surface area contributed by atoms with Crippen molar-refractivity contribution in [2.75, 3.05) is 0 Å². The highest BCUT2D eigenvalue weighted by Crippen LogP contribution is 2.37. The molecule has 1 aliphatic rings. The summed E-state index contributed by atoms with van der Waals surface area (Å²) in [6.45, 7) is 4.20. The molecule has 2 atom stereocenters. The Morgan fingerprint density at radius 1 is 0.900 bits per heavy atom. The predicted octanol–water partition coefficient (Wildman–Crippen LogP) is 3.65. The van der Waals surface area contributed by atoms with Crippen molar-refractivity contribution < 1.29 is 4.79 Å². The van der Waals surface area contributed by atoms with Crippen molar-refractivity contribution in [3.63, 3.8) is 0 Å². The van der Waals surface area contributed by atoms with E-state index in [2.05, 4.69) is 43.4 Å². The molecule has 1 heterocycles. The molecule has 1 aliphatic heterocycles. The minimum Gasteiger partial charge on any atom is -0.345 e. The van der Waals surface area contributed by atoms with Crippen molar-refractivity contribution in [1.29, 1.82) is 0 Å². The lowest BCUT2D eigenvalue weighted by atomic mass is 9.78. The lowest BCUT2D eigenvalue weighted by molar-refractivity contribution is -0.124. The molecule has 0 aromatic heterocycles. The first kappa shape index (κ1) is 12.9. The number of hydrogen-bond acceptors (Lipinski definition) is 1. The Morgan fingerprint density at radius 3 is 2.15 bits per heavy atom. The number of hydrogen-bond donors (Lipinski definition) is 1. The van der Waals surface area contributed by atoms with Gasteiger partial charge in [-0.3, -0.25) is 4.79 Å². The molecule has 102 valence electrons. The predicted molar refractivity (Wildman–Crippen MR) is 80.4 cm³/mol. The largest absolute Gasteiger partial charge is 0.345 e. The Labute approximate surface area is 119 Å². The summed E-state index contributed by atoms with van der Waals surface area (Å²) in [5, 5.41) is 3.18. The van der Waals surface area contributed by atoms with E-state index in [0.29, 0.717) is 5.92 Å². The lowest BCUT2D eigenvalue weighted by Gasteiger charge is -2.34. The summed E-state index contributed by atoms with van der Waals surface area (Å²) in [5.74, 6) is 0.381. The molecule has 1 N–H and O–H groups in total. The molecule has 0 radical (unpaired) electrons. The minimum atomic E-state index is -0.0498. The van der Waals surface area contributed by atoms with Gasteiger partial charge in [0.25, 0.3) is 0 Å². The van der Waals surface area contributed by atoms with E-state index in [9.17, 15) is 4.79 Å². The minimum absolute atomic E-state index is 0.0325. The van der Waals surface area contributed by atoms with Gasteiger partial charge in [0.05, 0.1) is 12.0 Å². The van der Waals surface area contributed by atoms with Crippen LogP contribution in [0.5, 0.6) is 0 Å². The first-order valence-electron chi connectivity index (χ1n) is 7.12. The molecule has 2 unspecified atom stereocenters. The van der Waals surface area contributed by atoms with E-state index in [4.69, 9.17) is 0 Å². The molecular formula is C18H19NO. The summed E-state index contributed by atoms with van der Waals surface area (Å²) in [6.07, 6.45) is 0. The molecule has 2 aromatic carbocycles. The molecule has 0 saturated carbocycles. The van der Waals surface area contributed by atoms with Crippen LogP contribution in [0.2, 0.25) is 0 Å². The van der Waals surface area contributed by atoms with E-state index >= 15 is 0 Å². The maximum Gasteiger partial charge on any atom is 0.228 e. The van der Waals surface area contributed by atoms with Gasteiger partial charge in [-0.2, -0.15) is 0 Å².